The molecule has 2 N–H and O–H groups in total. The Morgan fingerprint density at radius 3 is 2.41 bits per heavy atom. The first kappa shape index (κ1) is 13.0. The first-order chi connectivity index (χ1) is 8.19. The van der Waals surface area contributed by atoms with Gasteiger partial charge in [-0.2, -0.15) is 0 Å². The summed E-state index contributed by atoms with van der Waals surface area (Å²) in [6.45, 7) is 4.34. The highest BCUT2D eigenvalue weighted by molar-refractivity contribution is 7.11. The van der Waals surface area contributed by atoms with Crippen molar-refractivity contribution in [1.29, 1.82) is 0 Å². The Hall–Kier alpha value is -0.410. The lowest BCUT2D eigenvalue weighted by molar-refractivity contribution is 0.409. The number of aromatic nitrogens is 1. The molecule has 0 unspecified atom stereocenters. The molecule has 2 rings (SSSR count). The number of hydrogen-bond donors (Lipinski definition) is 1. The van der Waals surface area contributed by atoms with Gasteiger partial charge in [0.05, 0.1) is 11.2 Å². The summed E-state index contributed by atoms with van der Waals surface area (Å²) in [6.07, 6.45) is 9.71. The molecule has 0 fully saturated rings. The monoisotopic (exact) mass is 252 g/mol. The molecule has 0 atom stereocenters. The predicted molar refractivity (Wildman–Crippen MR) is 74.4 cm³/mol. The van der Waals surface area contributed by atoms with Gasteiger partial charge in [0, 0.05) is 4.88 Å². The van der Waals surface area contributed by atoms with E-state index in [1.54, 1.807) is 0 Å². The van der Waals surface area contributed by atoms with Gasteiger partial charge in [0.15, 0.2) is 0 Å². The molecule has 1 aliphatic rings. The fourth-order valence-corrected chi connectivity index (χ4v) is 3.86. The zero-order valence-electron chi connectivity index (χ0n) is 11.1. The van der Waals surface area contributed by atoms with Crippen LogP contribution in [-0.4, -0.2) is 4.98 Å². The third-order valence-corrected chi connectivity index (χ3v) is 5.41. The molecule has 0 radical (unpaired) electrons. The molecular formula is C14H24N2S. The van der Waals surface area contributed by atoms with E-state index >= 15 is 0 Å². The lowest BCUT2D eigenvalue weighted by atomic mass is 9.95. The number of nitrogens with zero attached hydrogens (tertiary/aromatic N) is 1. The highest BCUT2D eigenvalue weighted by Crippen LogP contribution is 2.33. The second-order valence-electron chi connectivity index (χ2n) is 5.17. The summed E-state index contributed by atoms with van der Waals surface area (Å²) in [5, 5.41) is 1.18. The topological polar surface area (TPSA) is 38.9 Å². The largest absolute Gasteiger partial charge is 0.319 e. The van der Waals surface area contributed by atoms with E-state index in [1.807, 2.05) is 11.3 Å². The van der Waals surface area contributed by atoms with E-state index in [2.05, 4.69) is 13.8 Å². The number of aryl methyl sites for hydroxylation is 2. The van der Waals surface area contributed by atoms with Gasteiger partial charge in [-0.3, -0.25) is 0 Å². The van der Waals surface area contributed by atoms with Gasteiger partial charge in [0.1, 0.15) is 5.01 Å². The smallest absolute Gasteiger partial charge is 0.113 e. The molecule has 0 aromatic carbocycles. The van der Waals surface area contributed by atoms with Crippen LogP contribution in [0.15, 0.2) is 0 Å². The van der Waals surface area contributed by atoms with Crippen LogP contribution in [0.5, 0.6) is 0 Å². The minimum Gasteiger partial charge on any atom is -0.319 e. The van der Waals surface area contributed by atoms with Gasteiger partial charge in [-0.1, -0.05) is 26.7 Å². The molecule has 0 amide bonds. The molecule has 17 heavy (non-hydrogen) atoms. The fourth-order valence-electron chi connectivity index (χ4n) is 2.47. The molecule has 1 aromatic rings. The number of hydrogen-bond acceptors (Lipinski definition) is 3. The summed E-state index contributed by atoms with van der Waals surface area (Å²) in [5.41, 5.74) is 7.62. The van der Waals surface area contributed by atoms with Crippen molar-refractivity contribution in [2.75, 3.05) is 0 Å². The third kappa shape index (κ3) is 2.71. The standard InChI is InChI=1S/C14H24N2S/c1-3-14(15,4-2)13-16-11-9-7-5-6-8-10-12(11)17-13/h3-10,15H2,1-2H3. The van der Waals surface area contributed by atoms with Gasteiger partial charge in [0.2, 0.25) is 0 Å². The van der Waals surface area contributed by atoms with Crippen LogP contribution in [-0.2, 0) is 18.4 Å². The average molecular weight is 252 g/mol. The minimum atomic E-state index is -0.189. The molecule has 2 nitrogen and oxygen atoms in total. The summed E-state index contributed by atoms with van der Waals surface area (Å²) < 4.78 is 0. The van der Waals surface area contributed by atoms with Gasteiger partial charge in [-0.15, -0.1) is 11.3 Å². The minimum absolute atomic E-state index is 0.189. The third-order valence-electron chi connectivity index (χ3n) is 4.03. The summed E-state index contributed by atoms with van der Waals surface area (Å²) in [6, 6.07) is 0. The molecule has 0 bridgehead atoms. The van der Waals surface area contributed by atoms with Crippen LogP contribution in [0.4, 0.5) is 0 Å². The molecular weight excluding hydrogens is 228 g/mol. The summed E-state index contributed by atoms with van der Waals surface area (Å²) in [7, 11) is 0. The Kier molecular flexibility index (Phi) is 4.21. The van der Waals surface area contributed by atoms with Crippen LogP contribution >= 0.6 is 11.3 Å². The first-order valence-electron chi connectivity index (χ1n) is 6.97. The zero-order valence-corrected chi connectivity index (χ0v) is 11.9. The molecule has 96 valence electrons. The number of rotatable bonds is 3. The fraction of sp³-hybridized carbons (Fsp3) is 0.786. The first-order valence-corrected chi connectivity index (χ1v) is 7.79. The molecule has 0 spiro atoms. The van der Waals surface area contributed by atoms with E-state index < -0.39 is 0 Å². The molecule has 1 aliphatic carbocycles. The molecule has 1 heterocycles. The van der Waals surface area contributed by atoms with Crippen LogP contribution in [0.2, 0.25) is 0 Å². The van der Waals surface area contributed by atoms with E-state index in [-0.39, 0.29) is 5.54 Å². The molecule has 0 saturated heterocycles. The van der Waals surface area contributed by atoms with E-state index in [0.29, 0.717) is 0 Å². The van der Waals surface area contributed by atoms with E-state index in [9.17, 15) is 0 Å². The van der Waals surface area contributed by atoms with Crippen molar-refractivity contribution in [3.05, 3.63) is 15.6 Å². The predicted octanol–water partition coefficient (Wildman–Crippen LogP) is 3.78. The SMILES string of the molecule is CCC(N)(CC)c1nc2c(s1)CCCCCC2. The summed E-state index contributed by atoms with van der Waals surface area (Å²) in [5.74, 6) is 0. The van der Waals surface area contributed by atoms with E-state index in [1.165, 1.54) is 47.7 Å². The Morgan fingerprint density at radius 2 is 1.76 bits per heavy atom. The Bertz CT molecular complexity index is 341. The lowest BCUT2D eigenvalue weighted by Gasteiger charge is -2.23. The van der Waals surface area contributed by atoms with Crippen molar-refractivity contribution in [3.63, 3.8) is 0 Å². The van der Waals surface area contributed by atoms with Crippen LogP contribution in [0, 0.1) is 0 Å². The highest BCUT2D eigenvalue weighted by atomic mass is 32.1. The molecule has 0 aliphatic heterocycles. The second kappa shape index (κ2) is 5.49. The summed E-state index contributed by atoms with van der Waals surface area (Å²) >= 11 is 1.88. The molecule has 3 heteroatoms. The van der Waals surface area contributed by atoms with Crippen molar-refractivity contribution < 1.29 is 0 Å². The van der Waals surface area contributed by atoms with Crippen molar-refractivity contribution in [2.24, 2.45) is 5.73 Å². The maximum atomic E-state index is 6.46. The maximum absolute atomic E-state index is 6.46. The van der Waals surface area contributed by atoms with Gasteiger partial charge in [-0.05, 0) is 38.5 Å². The average Bonchev–Trinajstić information content (AvgIpc) is 2.71. The number of fused-ring (bicyclic) bond motifs is 1. The van der Waals surface area contributed by atoms with Gasteiger partial charge in [0.25, 0.3) is 0 Å². The maximum Gasteiger partial charge on any atom is 0.113 e. The van der Waals surface area contributed by atoms with Gasteiger partial charge < -0.3 is 5.73 Å². The van der Waals surface area contributed by atoms with Crippen LogP contribution in [0.1, 0.15) is 68.0 Å². The van der Waals surface area contributed by atoms with Crippen LogP contribution in [0.3, 0.4) is 0 Å². The van der Waals surface area contributed by atoms with Crippen molar-refractivity contribution in [3.8, 4) is 0 Å². The summed E-state index contributed by atoms with van der Waals surface area (Å²) in [4.78, 5) is 6.37. The van der Waals surface area contributed by atoms with Crippen LogP contribution in [0.25, 0.3) is 0 Å². The zero-order chi connectivity index (χ0) is 12.3. The van der Waals surface area contributed by atoms with E-state index in [4.69, 9.17) is 10.7 Å². The normalized spacial score (nSPS) is 17.4. The van der Waals surface area contributed by atoms with Crippen LogP contribution < -0.4 is 5.73 Å². The van der Waals surface area contributed by atoms with Gasteiger partial charge in [-0.25, -0.2) is 4.98 Å². The quantitative estimate of drug-likeness (QED) is 0.889. The molecule has 1 aromatic heterocycles. The second-order valence-corrected chi connectivity index (χ2v) is 6.25. The lowest BCUT2D eigenvalue weighted by Crippen LogP contribution is -2.34. The highest BCUT2D eigenvalue weighted by Gasteiger charge is 2.28. The Labute approximate surface area is 109 Å². The number of thiazole rings is 1. The number of nitrogens with two attached hydrogens (primary N) is 1. The van der Waals surface area contributed by atoms with E-state index in [0.717, 1.165) is 19.3 Å². The van der Waals surface area contributed by atoms with Crippen molar-refractivity contribution >= 4 is 11.3 Å². The van der Waals surface area contributed by atoms with Gasteiger partial charge >= 0.3 is 0 Å². The Morgan fingerprint density at radius 1 is 1.12 bits per heavy atom. The van der Waals surface area contributed by atoms with Crippen molar-refractivity contribution in [2.45, 2.75) is 70.8 Å². The molecule has 0 saturated carbocycles. The Balaban J connectivity index is 2.28. The van der Waals surface area contributed by atoms with Crippen molar-refractivity contribution in [1.82, 2.24) is 4.98 Å².